The molecule has 0 aromatic rings. The van der Waals surface area contributed by atoms with E-state index in [-0.39, 0.29) is 11.5 Å². The number of carbonyl (C=O) groups is 3. The Morgan fingerprint density at radius 1 is 1.28 bits per heavy atom. The molecule has 6 heteroatoms. The first-order chi connectivity index (χ1) is 8.33. The highest BCUT2D eigenvalue weighted by molar-refractivity contribution is 5.96. The molecule has 0 aliphatic carbocycles. The summed E-state index contributed by atoms with van der Waals surface area (Å²) in [5.41, 5.74) is -0.0540. The Kier molecular flexibility index (Phi) is 6.70. The molecule has 6 nitrogen and oxygen atoms in total. The first-order valence-electron chi connectivity index (χ1n) is 5.74. The number of hydrogen-bond donors (Lipinski definition) is 1. The van der Waals surface area contributed by atoms with Crippen molar-refractivity contribution < 1.29 is 24.2 Å². The van der Waals surface area contributed by atoms with Gasteiger partial charge < -0.3 is 14.7 Å². The minimum absolute atomic E-state index is 0.0540. The topological polar surface area (TPSA) is 83.9 Å². The molecule has 1 N–H and O–H groups in total. The third-order valence-electron chi connectivity index (χ3n) is 2.37. The quantitative estimate of drug-likeness (QED) is 0.562. The average Bonchev–Trinajstić information content (AvgIpc) is 2.29. The van der Waals surface area contributed by atoms with Crippen molar-refractivity contribution in [2.75, 3.05) is 13.1 Å². The monoisotopic (exact) mass is 257 g/mol. The molecule has 1 amide bonds. The fraction of sp³-hybridized carbons (Fsp3) is 0.583. The van der Waals surface area contributed by atoms with Crippen molar-refractivity contribution in [2.24, 2.45) is 0 Å². The van der Waals surface area contributed by atoms with Crippen molar-refractivity contribution in [3.05, 3.63) is 11.6 Å². The highest BCUT2D eigenvalue weighted by Crippen LogP contribution is 2.04. The molecule has 0 aliphatic heterocycles. The first kappa shape index (κ1) is 16.1. The second-order valence-electron chi connectivity index (χ2n) is 3.72. The fourth-order valence-electron chi connectivity index (χ4n) is 1.34. The van der Waals surface area contributed by atoms with Crippen LogP contribution in [-0.4, -0.2) is 47.0 Å². The number of hydrogen-bond acceptors (Lipinski definition) is 4. The van der Waals surface area contributed by atoms with E-state index in [1.165, 1.54) is 18.7 Å². The van der Waals surface area contributed by atoms with E-state index >= 15 is 0 Å². The van der Waals surface area contributed by atoms with Gasteiger partial charge in [0.25, 0.3) is 5.91 Å². The third kappa shape index (κ3) is 4.99. The maximum Gasteiger partial charge on any atom is 0.334 e. The van der Waals surface area contributed by atoms with Crippen molar-refractivity contribution in [1.29, 1.82) is 0 Å². The van der Waals surface area contributed by atoms with Crippen LogP contribution in [0.1, 0.15) is 27.7 Å². The standard InChI is InChI=1S/C12H19NO5/c1-5-13(6-2)11(16)9(4)18-12(17)8(3)7-10(14)15/h7,9H,5-6H2,1-4H3,(H,14,15). The van der Waals surface area contributed by atoms with Crippen LogP contribution in [0.4, 0.5) is 0 Å². The molecule has 0 radical (unpaired) electrons. The van der Waals surface area contributed by atoms with Crippen molar-refractivity contribution in [3.63, 3.8) is 0 Å². The molecule has 0 fully saturated rings. The Hall–Kier alpha value is -1.85. The summed E-state index contributed by atoms with van der Waals surface area (Å²) in [6, 6.07) is 0. The smallest absolute Gasteiger partial charge is 0.334 e. The lowest BCUT2D eigenvalue weighted by Crippen LogP contribution is -2.39. The lowest BCUT2D eigenvalue weighted by atomic mass is 10.2. The average molecular weight is 257 g/mol. The van der Waals surface area contributed by atoms with Gasteiger partial charge in [-0.05, 0) is 27.7 Å². The first-order valence-corrected chi connectivity index (χ1v) is 5.74. The predicted molar refractivity (Wildman–Crippen MR) is 64.9 cm³/mol. The van der Waals surface area contributed by atoms with Gasteiger partial charge in [0.15, 0.2) is 6.10 Å². The predicted octanol–water partition coefficient (Wildman–Crippen LogP) is 0.817. The largest absolute Gasteiger partial charge is 0.478 e. The van der Waals surface area contributed by atoms with Gasteiger partial charge in [0, 0.05) is 24.7 Å². The Balaban J connectivity index is 4.57. The third-order valence-corrected chi connectivity index (χ3v) is 2.37. The zero-order chi connectivity index (χ0) is 14.3. The summed E-state index contributed by atoms with van der Waals surface area (Å²) >= 11 is 0. The lowest BCUT2D eigenvalue weighted by molar-refractivity contribution is -0.156. The van der Waals surface area contributed by atoms with Crippen LogP contribution in [0.2, 0.25) is 0 Å². The summed E-state index contributed by atoms with van der Waals surface area (Å²) in [5.74, 6) is -2.32. The Bertz CT molecular complexity index is 357. The van der Waals surface area contributed by atoms with Crippen LogP contribution in [0.15, 0.2) is 11.6 Å². The number of aliphatic carboxylic acids is 1. The molecule has 0 aromatic carbocycles. The van der Waals surface area contributed by atoms with Crippen molar-refractivity contribution in [1.82, 2.24) is 4.90 Å². The Morgan fingerprint density at radius 3 is 2.17 bits per heavy atom. The van der Waals surface area contributed by atoms with Crippen molar-refractivity contribution >= 4 is 17.8 Å². The number of carbonyl (C=O) groups excluding carboxylic acids is 2. The van der Waals surface area contributed by atoms with E-state index in [0.29, 0.717) is 13.1 Å². The number of ether oxygens (including phenoxy) is 1. The van der Waals surface area contributed by atoms with E-state index in [0.717, 1.165) is 6.08 Å². The molecule has 1 unspecified atom stereocenters. The van der Waals surface area contributed by atoms with Crippen LogP contribution >= 0.6 is 0 Å². The minimum Gasteiger partial charge on any atom is -0.478 e. The van der Waals surface area contributed by atoms with Crippen LogP contribution in [0.3, 0.4) is 0 Å². The molecule has 1 atom stereocenters. The van der Waals surface area contributed by atoms with Crippen molar-refractivity contribution in [3.8, 4) is 0 Å². The van der Waals surface area contributed by atoms with Gasteiger partial charge in [-0.3, -0.25) is 4.79 Å². The molecule has 0 saturated heterocycles. The number of nitrogens with zero attached hydrogens (tertiary/aromatic N) is 1. The van der Waals surface area contributed by atoms with Gasteiger partial charge in [0.2, 0.25) is 0 Å². The van der Waals surface area contributed by atoms with E-state index in [4.69, 9.17) is 9.84 Å². The van der Waals surface area contributed by atoms with Gasteiger partial charge in [-0.15, -0.1) is 0 Å². The summed E-state index contributed by atoms with van der Waals surface area (Å²) in [5, 5.41) is 8.48. The number of carboxylic acid groups (broad SMARTS) is 1. The number of likely N-dealkylation sites (N-methyl/N-ethyl adjacent to an activating group) is 1. The summed E-state index contributed by atoms with van der Waals surface area (Å²) in [6.07, 6.45) is -0.175. The normalized spacial score (nSPS) is 12.8. The maximum absolute atomic E-state index is 11.8. The summed E-state index contributed by atoms with van der Waals surface area (Å²) in [6.45, 7) is 7.50. The van der Waals surface area contributed by atoms with Gasteiger partial charge >= 0.3 is 11.9 Å². The van der Waals surface area contributed by atoms with E-state index in [2.05, 4.69) is 0 Å². The van der Waals surface area contributed by atoms with E-state index < -0.39 is 18.0 Å². The highest BCUT2D eigenvalue weighted by atomic mass is 16.5. The summed E-state index contributed by atoms with van der Waals surface area (Å²) in [7, 11) is 0. The molecule has 0 saturated carbocycles. The number of amides is 1. The second-order valence-corrected chi connectivity index (χ2v) is 3.72. The van der Waals surface area contributed by atoms with Gasteiger partial charge in [-0.2, -0.15) is 0 Å². The Labute approximate surface area is 106 Å². The van der Waals surface area contributed by atoms with Gasteiger partial charge in [-0.1, -0.05) is 0 Å². The fourth-order valence-corrected chi connectivity index (χ4v) is 1.34. The summed E-state index contributed by atoms with van der Waals surface area (Å²) < 4.78 is 4.90. The summed E-state index contributed by atoms with van der Waals surface area (Å²) in [4.78, 5) is 35.2. The maximum atomic E-state index is 11.8. The number of carboxylic acids is 1. The molecular formula is C12H19NO5. The molecule has 0 aliphatic rings. The molecule has 0 bridgehead atoms. The van der Waals surface area contributed by atoms with Crippen LogP contribution < -0.4 is 0 Å². The molecule has 0 heterocycles. The zero-order valence-corrected chi connectivity index (χ0v) is 11.1. The highest BCUT2D eigenvalue weighted by Gasteiger charge is 2.22. The van der Waals surface area contributed by atoms with Crippen LogP contribution in [0.5, 0.6) is 0 Å². The molecule has 0 rings (SSSR count). The van der Waals surface area contributed by atoms with Crippen LogP contribution in [0.25, 0.3) is 0 Å². The molecule has 0 spiro atoms. The van der Waals surface area contributed by atoms with Gasteiger partial charge in [-0.25, -0.2) is 9.59 Å². The lowest BCUT2D eigenvalue weighted by Gasteiger charge is -2.22. The van der Waals surface area contributed by atoms with Gasteiger partial charge in [0.1, 0.15) is 0 Å². The molecule has 18 heavy (non-hydrogen) atoms. The SMILES string of the molecule is CCN(CC)C(=O)C(C)OC(=O)C(C)=CC(=O)O. The number of esters is 1. The van der Waals surface area contributed by atoms with Crippen LogP contribution in [-0.2, 0) is 19.1 Å². The zero-order valence-electron chi connectivity index (χ0n) is 11.1. The molecular weight excluding hydrogens is 238 g/mol. The molecule has 0 aromatic heterocycles. The molecule has 102 valence electrons. The van der Waals surface area contributed by atoms with Crippen molar-refractivity contribution in [2.45, 2.75) is 33.8 Å². The van der Waals surface area contributed by atoms with E-state index in [9.17, 15) is 14.4 Å². The second kappa shape index (κ2) is 7.47. The van der Waals surface area contributed by atoms with E-state index in [1.54, 1.807) is 0 Å². The Morgan fingerprint density at radius 2 is 1.78 bits per heavy atom. The minimum atomic E-state index is -1.23. The number of rotatable bonds is 6. The van der Waals surface area contributed by atoms with Crippen LogP contribution in [0, 0.1) is 0 Å². The van der Waals surface area contributed by atoms with Gasteiger partial charge in [0.05, 0.1) is 0 Å². The van der Waals surface area contributed by atoms with E-state index in [1.807, 2.05) is 13.8 Å².